The molecule has 69 heavy (non-hydrogen) atoms. The maximum absolute atomic E-state index is 12.2. The van der Waals surface area contributed by atoms with Crippen molar-refractivity contribution in [2.75, 3.05) is 47.5 Å². The smallest absolute Gasteiger partial charge is 0.166 e. The zero-order valence-corrected chi connectivity index (χ0v) is 43.7. The Labute approximate surface area is 411 Å². The van der Waals surface area contributed by atoms with Gasteiger partial charge in [0.2, 0.25) is 0 Å². The number of hydrogen-bond acceptors (Lipinski definition) is 10. The van der Waals surface area contributed by atoms with Gasteiger partial charge in [-0.3, -0.25) is 9.80 Å². The minimum atomic E-state index is -0.930. The molecule has 10 aliphatic carbocycles. The first-order valence-corrected chi connectivity index (χ1v) is 27.2. The Morgan fingerprint density at radius 3 is 1.83 bits per heavy atom. The van der Waals surface area contributed by atoms with Gasteiger partial charge in [-0.15, -0.1) is 0 Å². The predicted molar refractivity (Wildman–Crippen MR) is 265 cm³/mol. The number of ether oxygens (including phenoxy) is 5. The number of nitrogens with zero attached hydrogens (tertiary/aromatic N) is 2. The highest BCUT2D eigenvalue weighted by molar-refractivity contribution is 5.66. The Bertz CT molecular complexity index is 2520. The fraction of sp³-hybridized carbons (Fsp3) is 0.763. The number of phenolic OH excluding ortho intramolecular Hbond substituents is 1. The van der Waals surface area contributed by atoms with Gasteiger partial charge in [-0.25, -0.2) is 0 Å². The summed E-state index contributed by atoms with van der Waals surface area (Å²) < 4.78 is 32.9. The number of benzene rings is 2. The van der Waals surface area contributed by atoms with Crippen molar-refractivity contribution in [3.63, 3.8) is 0 Å². The molecule has 4 spiro atoms. The molecule has 8 bridgehead atoms. The van der Waals surface area contributed by atoms with E-state index in [0.717, 1.165) is 87.8 Å². The molecule has 14 aliphatic rings. The third kappa shape index (κ3) is 5.31. The van der Waals surface area contributed by atoms with Gasteiger partial charge in [-0.1, -0.05) is 65.8 Å². The molecule has 0 amide bonds. The van der Waals surface area contributed by atoms with Gasteiger partial charge in [0.25, 0.3) is 0 Å². The summed E-state index contributed by atoms with van der Waals surface area (Å²) in [6.07, 6.45) is 18.0. The van der Waals surface area contributed by atoms with Crippen LogP contribution in [0.4, 0.5) is 0 Å². The Morgan fingerprint density at radius 2 is 1.22 bits per heavy atom. The number of methoxy groups -OCH3 is 3. The van der Waals surface area contributed by atoms with Crippen molar-refractivity contribution < 1.29 is 39.0 Å². The van der Waals surface area contributed by atoms with E-state index in [4.69, 9.17) is 23.7 Å². The van der Waals surface area contributed by atoms with Crippen LogP contribution in [0.3, 0.4) is 0 Å². The number of rotatable bonds is 9. The quantitative estimate of drug-likeness (QED) is 0.211. The third-order valence-corrected chi connectivity index (χ3v) is 23.4. The number of phenols is 1. The van der Waals surface area contributed by atoms with Crippen molar-refractivity contribution in [2.45, 2.75) is 190 Å². The molecule has 6 saturated carbocycles. The van der Waals surface area contributed by atoms with E-state index in [1.54, 1.807) is 7.11 Å². The number of likely N-dealkylation sites (tertiary alicyclic amines) is 2. The molecule has 8 fully saturated rings. The number of fused-ring (bicyclic) bond motifs is 3. The Morgan fingerprint density at radius 1 is 0.638 bits per heavy atom. The molecule has 3 N–H and O–H groups in total. The lowest BCUT2D eigenvalue weighted by molar-refractivity contribution is -0.312. The molecule has 0 aromatic heterocycles. The average molecular weight is 947 g/mol. The van der Waals surface area contributed by atoms with Crippen molar-refractivity contribution in [2.24, 2.45) is 45.3 Å². The molecule has 2 saturated heterocycles. The van der Waals surface area contributed by atoms with Crippen LogP contribution in [0.1, 0.15) is 142 Å². The molecule has 4 aliphatic heterocycles. The highest BCUT2D eigenvalue weighted by atomic mass is 16.6. The van der Waals surface area contributed by atoms with E-state index in [1.165, 1.54) is 61.0 Å². The largest absolute Gasteiger partial charge is 0.504 e. The molecular weight excluding hydrogens is 865 g/mol. The molecule has 10 nitrogen and oxygen atoms in total. The van der Waals surface area contributed by atoms with Crippen LogP contribution in [0, 0.1) is 45.3 Å². The summed E-state index contributed by atoms with van der Waals surface area (Å²) in [6.45, 7) is 21.6. The van der Waals surface area contributed by atoms with Gasteiger partial charge in [0.05, 0.1) is 23.7 Å². The van der Waals surface area contributed by atoms with Crippen LogP contribution in [0.15, 0.2) is 36.4 Å². The molecular formula is C59H82N2O8. The van der Waals surface area contributed by atoms with E-state index in [0.29, 0.717) is 17.8 Å². The second-order valence-electron chi connectivity index (χ2n) is 27.4. The van der Waals surface area contributed by atoms with Gasteiger partial charge in [-0.2, -0.15) is 0 Å². The molecule has 2 aromatic rings. The molecule has 14 atom stereocenters. The molecule has 4 heterocycles. The lowest BCUT2D eigenvalue weighted by Gasteiger charge is -2.75. The summed E-state index contributed by atoms with van der Waals surface area (Å²) in [5, 5.41) is 35.4. The molecule has 0 unspecified atom stereocenters. The van der Waals surface area contributed by atoms with E-state index in [2.05, 4.69) is 81.7 Å². The van der Waals surface area contributed by atoms with Gasteiger partial charge < -0.3 is 39.0 Å². The average Bonchev–Trinajstić information content (AvgIpc) is 4.24. The van der Waals surface area contributed by atoms with Crippen LogP contribution in [0.25, 0.3) is 0 Å². The van der Waals surface area contributed by atoms with Crippen LogP contribution < -0.4 is 14.2 Å². The number of aliphatic hydroxyl groups is 2. The van der Waals surface area contributed by atoms with Gasteiger partial charge in [-0.05, 0) is 150 Å². The van der Waals surface area contributed by atoms with Crippen LogP contribution in [0.5, 0.6) is 23.0 Å². The van der Waals surface area contributed by atoms with Crippen molar-refractivity contribution in [1.29, 1.82) is 0 Å². The first-order valence-electron chi connectivity index (χ1n) is 27.2. The summed E-state index contributed by atoms with van der Waals surface area (Å²) in [5.41, 5.74) is 1.42. The van der Waals surface area contributed by atoms with Crippen LogP contribution in [-0.2, 0) is 33.1 Å². The maximum Gasteiger partial charge on any atom is 0.166 e. The first kappa shape index (κ1) is 46.0. The van der Waals surface area contributed by atoms with Gasteiger partial charge in [0.1, 0.15) is 23.4 Å². The lowest BCUT2D eigenvalue weighted by Crippen LogP contribution is -2.83. The van der Waals surface area contributed by atoms with Crippen molar-refractivity contribution >= 4 is 0 Å². The highest BCUT2D eigenvalue weighted by Gasteiger charge is 2.84. The normalized spacial score (nSPS) is 43.1. The molecule has 0 radical (unpaired) electrons. The minimum absolute atomic E-state index is 0.0294. The first-order chi connectivity index (χ1) is 32.6. The predicted octanol–water partition coefficient (Wildman–Crippen LogP) is 8.91. The summed E-state index contributed by atoms with van der Waals surface area (Å²) in [6, 6.07) is 9.26. The summed E-state index contributed by atoms with van der Waals surface area (Å²) in [5.74, 6) is 4.33. The Kier molecular flexibility index (Phi) is 9.35. The van der Waals surface area contributed by atoms with E-state index < -0.39 is 22.4 Å². The number of aromatic hydroxyl groups is 1. The zero-order chi connectivity index (χ0) is 48.5. The van der Waals surface area contributed by atoms with E-state index in [9.17, 15) is 15.3 Å². The van der Waals surface area contributed by atoms with Gasteiger partial charge in [0, 0.05) is 78.6 Å². The lowest BCUT2D eigenvalue weighted by atomic mass is 9.33. The van der Waals surface area contributed by atoms with Crippen LogP contribution in [0.2, 0.25) is 0 Å². The topological polar surface area (TPSA) is 113 Å². The third-order valence-electron chi connectivity index (χ3n) is 23.4. The van der Waals surface area contributed by atoms with E-state index in [1.807, 2.05) is 34.1 Å². The summed E-state index contributed by atoms with van der Waals surface area (Å²) in [4.78, 5) is 5.63. The van der Waals surface area contributed by atoms with Crippen molar-refractivity contribution in [1.82, 2.24) is 9.80 Å². The Balaban J connectivity index is 0.000000136. The number of piperidine rings is 2. The minimum Gasteiger partial charge on any atom is -0.504 e. The molecule has 10 heteroatoms. The molecule has 16 rings (SSSR count). The highest BCUT2D eigenvalue weighted by Crippen LogP contribution is 2.79. The van der Waals surface area contributed by atoms with Crippen LogP contribution in [-0.4, -0.2) is 119 Å². The fourth-order valence-electron chi connectivity index (χ4n) is 18.7. The van der Waals surface area contributed by atoms with Gasteiger partial charge >= 0.3 is 0 Å². The van der Waals surface area contributed by atoms with E-state index >= 15 is 0 Å². The van der Waals surface area contributed by atoms with Crippen molar-refractivity contribution in [3.8, 4) is 23.0 Å². The fourth-order valence-corrected chi connectivity index (χ4v) is 18.7. The molecule has 2 aromatic carbocycles. The standard InChI is InChI=1S/C30H41NO4.C29H41NO4/c1-26(2,3)27(4,32)21-16-28-11-12-30(21,34-6)25-29(28)13-14-31(17-18-7-8-18)22(28)15-19-9-10-20(33-5)24(35-25)23(19)29;1-25(2,3)26(4,32)20-15-27-10-11-29(20,33-5)24-28(27)12-13-30(16-17-6-7-17)21(27)14-18-8-9-19(31)23(34-24)22(18)28/h9-12,18,21-22,25,32H,7-8,13-17H2,1-6H3;8-9,17,20-21,24,31-32H,6-7,10-16H2,1-5H3/t21-,22-,25-,27+,28-,29+,30-;20-,21-,24-,26+,27-,28+,29-/m11/s1. The molecule has 376 valence electrons. The second kappa shape index (κ2) is 14.0. The zero-order valence-electron chi connectivity index (χ0n) is 43.7. The Hall–Kier alpha value is -2.86. The number of hydrogen-bond donors (Lipinski definition) is 3. The summed E-state index contributed by atoms with van der Waals surface area (Å²) >= 11 is 0. The van der Waals surface area contributed by atoms with Crippen molar-refractivity contribution in [3.05, 3.63) is 58.7 Å². The maximum atomic E-state index is 12.2. The second-order valence-corrected chi connectivity index (χ2v) is 27.4. The van der Waals surface area contributed by atoms with E-state index in [-0.39, 0.29) is 62.3 Å². The SMILES string of the molecule is CO[C@]12CC[C@@]3(C[C@@H]1[C@](C)(O)C(C)(C)C)[C@H]1Cc4ccc(O)c5c4[C@@]3(CCN1CC1CC1)[C@H]2O5.COc1ccc2c3c1O[C@H]1[C@@]4(OC)C=C[C@@]5(C[C@@H]4[C@](C)(O)C(C)(C)C)[C@@H](C2)N(CC2CC2)CC[C@]315. The summed E-state index contributed by atoms with van der Waals surface area (Å²) in [7, 11) is 5.39. The van der Waals surface area contributed by atoms with Crippen LogP contribution >= 0.6 is 0 Å². The monoisotopic (exact) mass is 947 g/mol. The van der Waals surface area contributed by atoms with Gasteiger partial charge in [0.15, 0.2) is 23.0 Å².